The molecular weight excluding hydrogens is 423 g/mol. The number of rotatable bonds is 9. The van der Waals surface area contributed by atoms with Gasteiger partial charge >= 0.3 is 5.97 Å². The van der Waals surface area contributed by atoms with Gasteiger partial charge in [-0.3, -0.25) is 4.90 Å². The Kier molecular flexibility index (Phi) is 10.1. The smallest absolute Gasteiger partial charge is 0.329 e. The van der Waals surface area contributed by atoms with E-state index >= 15 is 0 Å². The molecule has 0 amide bonds. The van der Waals surface area contributed by atoms with E-state index in [1.165, 1.54) is 11.1 Å². The highest BCUT2D eigenvalue weighted by Crippen LogP contribution is 2.30. The number of hydrogen-bond acceptors (Lipinski definition) is 4. The number of nitrogens with zero attached hydrogens (tertiary/aromatic N) is 2. The lowest BCUT2D eigenvalue weighted by molar-refractivity contribution is -0.142. The maximum atomic E-state index is 10.6. The molecule has 3 rings (SSSR count). The second kappa shape index (κ2) is 12.3. The Morgan fingerprint density at radius 1 is 1.03 bits per heavy atom. The minimum absolute atomic E-state index is 0. The standard InChI is InChI=1S/C23H29ClN2O3.ClH/c1-18(16-29-17-22(27)28)15-25-11-13-26(14-12-25)23(19-5-3-2-4-6-19)20-7-9-21(24)10-8-20;/h2-10,18,23H,11-17H2,1H3,(H,27,28);1H. The molecule has 1 N–H and O–H groups in total. The summed E-state index contributed by atoms with van der Waals surface area (Å²) in [5.41, 5.74) is 2.54. The van der Waals surface area contributed by atoms with Crippen LogP contribution in [0.3, 0.4) is 0 Å². The maximum Gasteiger partial charge on any atom is 0.329 e. The van der Waals surface area contributed by atoms with Crippen LogP contribution in [-0.4, -0.2) is 66.8 Å². The quantitative estimate of drug-likeness (QED) is 0.617. The van der Waals surface area contributed by atoms with Crippen LogP contribution in [0.25, 0.3) is 0 Å². The SMILES string of the molecule is CC(COCC(=O)O)CN1CCN(C(c2ccccc2)c2ccc(Cl)cc2)CC1.Cl. The van der Waals surface area contributed by atoms with Gasteiger partial charge in [-0.2, -0.15) is 0 Å². The van der Waals surface area contributed by atoms with E-state index in [1.807, 2.05) is 18.2 Å². The van der Waals surface area contributed by atoms with Crippen LogP contribution >= 0.6 is 24.0 Å². The molecule has 1 aliphatic rings. The summed E-state index contributed by atoms with van der Waals surface area (Å²) < 4.78 is 5.24. The molecule has 164 valence electrons. The number of ether oxygens (including phenoxy) is 1. The van der Waals surface area contributed by atoms with E-state index < -0.39 is 5.97 Å². The molecule has 0 radical (unpaired) electrons. The van der Waals surface area contributed by atoms with Gasteiger partial charge in [0.1, 0.15) is 6.61 Å². The first-order valence-corrected chi connectivity index (χ1v) is 10.5. The Morgan fingerprint density at radius 3 is 2.23 bits per heavy atom. The van der Waals surface area contributed by atoms with Crippen LogP contribution in [0.2, 0.25) is 5.02 Å². The fraction of sp³-hybridized carbons (Fsp3) is 0.435. The van der Waals surface area contributed by atoms with Crippen molar-refractivity contribution >= 4 is 30.0 Å². The predicted octanol–water partition coefficient (Wildman–Crippen LogP) is 4.21. The number of carboxylic acids is 1. The second-order valence-electron chi connectivity index (χ2n) is 7.72. The average molecular weight is 453 g/mol. The molecular formula is C23H30Cl2N2O3. The average Bonchev–Trinajstić information content (AvgIpc) is 2.71. The molecule has 1 heterocycles. The van der Waals surface area contributed by atoms with Gasteiger partial charge in [0.05, 0.1) is 12.6 Å². The zero-order valence-corrected chi connectivity index (χ0v) is 18.8. The normalized spacial score (nSPS) is 17.1. The Labute approximate surface area is 190 Å². The van der Waals surface area contributed by atoms with Crippen molar-refractivity contribution in [2.24, 2.45) is 5.92 Å². The molecule has 2 aromatic rings. The first-order chi connectivity index (χ1) is 14.0. The number of carboxylic acid groups (broad SMARTS) is 1. The number of benzene rings is 2. The molecule has 2 unspecified atom stereocenters. The number of carbonyl (C=O) groups is 1. The van der Waals surface area contributed by atoms with Crippen molar-refractivity contribution in [1.82, 2.24) is 9.80 Å². The van der Waals surface area contributed by atoms with Crippen molar-refractivity contribution in [3.8, 4) is 0 Å². The highest BCUT2D eigenvalue weighted by Gasteiger charge is 2.26. The Balaban J connectivity index is 0.00000320. The lowest BCUT2D eigenvalue weighted by atomic mass is 9.96. The zero-order valence-electron chi connectivity index (χ0n) is 17.2. The Morgan fingerprint density at radius 2 is 1.63 bits per heavy atom. The van der Waals surface area contributed by atoms with E-state index in [9.17, 15) is 4.79 Å². The monoisotopic (exact) mass is 452 g/mol. The molecule has 2 atom stereocenters. The number of hydrogen-bond donors (Lipinski definition) is 1. The van der Waals surface area contributed by atoms with E-state index in [4.69, 9.17) is 21.4 Å². The Bertz CT molecular complexity index is 766. The summed E-state index contributed by atoms with van der Waals surface area (Å²) in [6.07, 6.45) is 0. The third-order valence-corrected chi connectivity index (χ3v) is 5.52. The molecule has 0 bridgehead atoms. The lowest BCUT2D eigenvalue weighted by Gasteiger charge is -2.40. The highest BCUT2D eigenvalue weighted by molar-refractivity contribution is 6.30. The fourth-order valence-corrected chi connectivity index (χ4v) is 4.07. The molecule has 30 heavy (non-hydrogen) atoms. The van der Waals surface area contributed by atoms with Gasteiger partial charge in [-0.15, -0.1) is 12.4 Å². The molecule has 1 saturated heterocycles. The molecule has 0 aliphatic carbocycles. The van der Waals surface area contributed by atoms with Crippen LogP contribution in [-0.2, 0) is 9.53 Å². The molecule has 0 aromatic heterocycles. The van der Waals surface area contributed by atoms with Gasteiger partial charge in [0.25, 0.3) is 0 Å². The van der Waals surface area contributed by atoms with Crippen molar-refractivity contribution < 1.29 is 14.6 Å². The largest absolute Gasteiger partial charge is 0.480 e. The highest BCUT2D eigenvalue weighted by atomic mass is 35.5. The number of halogens is 2. The van der Waals surface area contributed by atoms with E-state index in [0.29, 0.717) is 12.5 Å². The van der Waals surface area contributed by atoms with Crippen LogP contribution < -0.4 is 0 Å². The summed E-state index contributed by atoms with van der Waals surface area (Å²) in [5.74, 6) is -0.609. The van der Waals surface area contributed by atoms with E-state index in [1.54, 1.807) is 0 Å². The fourth-order valence-electron chi connectivity index (χ4n) is 3.94. The topological polar surface area (TPSA) is 53.0 Å². The first kappa shape index (κ1) is 24.6. The third kappa shape index (κ3) is 7.25. The number of aliphatic carboxylic acids is 1. The van der Waals surface area contributed by atoms with Gasteiger partial charge < -0.3 is 14.7 Å². The summed E-state index contributed by atoms with van der Waals surface area (Å²) in [5, 5.41) is 9.44. The third-order valence-electron chi connectivity index (χ3n) is 5.27. The van der Waals surface area contributed by atoms with Crippen molar-refractivity contribution in [2.75, 3.05) is 45.9 Å². The van der Waals surface area contributed by atoms with E-state index in [-0.39, 0.29) is 25.1 Å². The molecule has 5 nitrogen and oxygen atoms in total. The van der Waals surface area contributed by atoms with Crippen molar-refractivity contribution in [2.45, 2.75) is 13.0 Å². The van der Waals surface area contributed by atoms with Gasteiger partial charge in [-0.1, -0.05) is 61.0 Å². The lowest BCUT2D eigenvalue weighted by Crippen LogP contribution is -2.49. The summed E-state index contributed by atoms with van der Waals surface area (Å²) in [6.45, 7) is 7.21. The van der Waals surface area contributed by atoms with Crippen LogP contribution in [0, 0.1) is 5.92 Å². The van der Waals surface area contributed by atoms with Gasteiger partial charge in [-0.05, 0) is 29.2 Å². The van der Waals surface area contributed by atoms with Gasteiger partial charge in [0.2, 0.25) is 0 Å². The molecule has 0 spiro atoms. The minimum atomic E-state index is -0.917. The molecule has 0 saturated carbocycles. The van der Waals surface area contributed by atoms with Crippen LogP contribution in [0.4, 0.5) is 0 Å². The van der Waals surface area contributed by atoms with Crippen molar-refractivity contribution in [3.63, 3.8) is 0 Å². The second-order valence-corrected chi connectivity index (χ2v) is 8.15. The van der Waals surface area contributed by atoms with Crippen molar-refractivity contribution in [1.29, 1.82) is 0 Å². The molecule has 1 aliphatic heterocycles. The summed E-state index contributed by atoms with van der Waals surface area (Å²) >= 11 is 6.11. The van der Waals surface area contributed by atoms with Gasteiger partial charge in [-0.25, -0.2) is 4.79 Å². The first-order valence-electron chi connectivity index (χ1n) is 10.1. The predicted molar refractivity (Wildman–Crippen MR) is 123 cm³/mol. The van der Waals surface area contributed by atoms with Crippen molar-refractivity contribution in [3.05, 3.63) is 70.7 Å². The molecule has 1 fully saturated rings. The van der Waals surface area contributed by atoms with Gasteiger partial charge in [0.15, 0.2) is 0 Å². The van der Waals surface area contributed by atoms with Crippen LogP contribution in [0.1, 0.15) is 24.1 Å². The minimum Gasteiger partial charge on any atom is -0.480 e. The summed E-state index contributed by atoms with van der Waals surface area (Å²) in [7, 11) is 0. The Hall–Kier alpha value is -1.63. The van der Waals surface area contributed by atoms with E-state index in [0.717, 1.165) is 37.7 Å². The summed E-state index contributed by atoms with van der Waals surface area (Å²) in [4.78, 5) is 15.5. The number of piperazine rings is 1. The zero-order chi connectivity index (χ0) is 20.6. The molecule has 7 heteroatoms. The van der Waals surface area contributed by atoms with Crippen LogP contribution in [0.15, 0.2) is 54.6 Å². The molecule has 2 aromatic carbocycles. The maximum absolute atomic E-state index is 10.6. The van der Waals surface area contributed by atoms with Crippen LogP contribution in [0.5, 0.6) is 0 Å². The summed E-state index contributed by atoms with van der Waals surface area (Å²) in [6, 6.07) is 19.0. The van der Waals surface area contributed by atoms with Gasteiger partial charge in [0, 0.05) is 37.7 Å². The van der Waals surface area contributed by atoms with E-state index in [2.05, 4.69) is 53.1 Å².